The van der Waals surface area contributed by atoms with Crippen molar-refractivity contribution in [3.05, 3.63) is 58.2 Å². The van der Waals surface area contributed by atoms with E-state index >= 15 is 0 Å². The Kier molecular flexibility index (Phi) is 4.75. The number of imidazole rings is 1. The number of halogens is 2. The molecule has 5 rings (SSSR count). The van der Waals surface area contributed by atoms with Crippen molar-refractivity contribution in [3.63, 3.8) is 0 Å². The molecular formula is C21H21F2N7O2. The van der Waals surface area contributed by atoms with E-state index in [1.54, 1.807) is 16.6 Å². The zero-order valence-electron chi connectivity index (χ0n) is 17.5. The van der Waals surface area contributed by atoms with E-state index in [9.17, 15) is 18.4 Å². The number of alkyl halides is 2. The van der Waals surface area contributed by atoms with Gasteiger partial charge in [0.05, 0.1) is 11.4 Å². The molecule has 1 N–H and O–H groups in total. The Morgan fingerprint density at radius 1 is 1.22 bits per heavy atom. The second-order valence-electron chi connectivity index (χ2n) is 8.31. The number of hydrogen-bond acceptors (Lipinski definition) is 5. The second-order valence-corrected chi connectivity index (χ2v) is 8.31. The van der Waals surface area contributed by atoms with Gasteiger partial charge in [-0.15, -0.1) is 0 Å². The van der Waals surface area contributed by atoms with Crippen molar-refractivity contribution in [3.8, 4) is 0 Å². The fourth-order valence-electron chi connectivity index (χ4n) is 3.64. The second kappa shape index (κ2) is 7.50. The largest absolute Gasteiger partial charge is 0.323 e. The third kappa shape index (κ3) is 3.63. The number of pyridine rings is 1. The lowest BCUT2D eigenvalue weighted by molar-refractivity contribution is -0.117. The molecule has 0 saturated heterocycles. The number of nitrogens with one attached hydrogen (secondary N) is 1. The van der Waals surface area contributed by atoms with Crippen LogP contribution < -0.4 is 10.9 Å². The van der Waals surface area contributed by atoms with Gasteiger partial charge >= 0.3 is 0 Å². The Hall–Kier alpha value is -3.63. The SMILES string of the molecule is CC(C)c1nn(CC(=O)Nc2ccc3nc(C(F)F)cn3c2)c(=O)c2cc(C3CC3)nn12. The number of hydrogen-bond donors (Lipinski definition) is 1. The Balaban J connectivity index is 1.42. The minimum absolute atomic E-state index is 0.00737. The van der Waals surface area contributed by atoms with Gasteiger partial charge in [-0.1, -0.05) is 13.8 Å². The molecule has 0 aromatic carbocycles. The number of amides is 1. The third-order valence-corrected chi connectivity index (χ3v) is 5.40. The number of rotatable bonds is 6. The standard InChI is InChI=1S/C21H21F2N7O2/c1-11(2)20-27-29(21(32)16-7-14(12-3-4-12)26-30(16)20)10-18(31)24-13-5-6-17-25-15(19(22)23)9-28(17)8-13/h5-9,11-12,19H,3-4,10H2,1-2H3,(H,24,31). The summed E-state index contributed by atoms with van der Waals surface area (Å²) in [6.07, 6.45) is 2.14. The molecule has 4 aromatic heterocycles. The maximum absolute atomic E-state index is 13.0. The minimum atomic E-state index is -2.68. The Morgan fingerprint density at radius 3 is 2.69 bits per heavy atom. The van der Waals surface area contributed by atoms with Crippen LogP contribution in [0.15, 0.2) is 35.4 Å². The monoisotopic (exact) mass is 441 g/mol. The number of carbonyl (C=O) groups is 1. The summed E-state index contributed by atoms with van der Waals surface area (Å²) in [7, 11) is 0. The Bertz CT molecular complexity index is 1400. The van der Waals surface area contributed by atoms with Gasteiger partial charge in [0.1, 0.15) is 23.4 Å². The summed E-state index contributed by atoms with van der Waals surface area (Å²) >= 11 is 0. The molecule has 0 radical (unpaired) electrons. The van der Waals surface area contributed by atoms with Gasteiger partial charge in [0, 0.05) is 24.2 Å². The Morgan fingerprint density at radius 2 is 2.00 bits per heavy atom. The smallest absolute Gasteiger partial charge is 0.293 e. The van der Waals surface area contributed by atoms with E-state index in [-0.39, 0.29) is 18.2 Å². The highest BCUT2D eigenvalue weighted by Gasteiger charge is 2.28. The first-order valence-corrected chi connectivity index (χ1v) is 10.4. The summed E-state index contributed by atoms with van der Waals surface area (Å²) < 4.78 is 29.8. The van der Waals surface area contributed by atoms with Crippen LogP contribution in [0.3, 0.4) is 0 Å². The molecule has 1 aliphatic carbocycles. The summed E-state index contributed by atoms with van der Waals surface area (Å²) in [6.45, 7) is 3.61. The van der Waals surface area contributed by atoms with E-state index in [0.29, 0.717) is 28.6 Å². The first-order chi connectivity index (χ1) is 15.3. The number of aromatic nitrogens is 6. The van der Waals surface area contributed by atoms with Crippen LogP contribution in [0.5, 0.6) is 0 Å². The van der Waals surface area contributed by atoms with Crippen molar-refractivity contribution in [2.45, 2.75) is 51.5 Å². The molecule has 0 unspecified atom stereocenters. The fourth-order valence-corrected chi connectivity index (χ4v) is 3.64. The fraction of sp³-hybridized carbons (Fsp3) is 0.381. The van der Waals surface area contributed by atoms with Gasteiger partial charge in [-0.05, 0) is 31.0 Å². The van der Waals surface area contributed by atoms with Crippen molar-refractivity contribution >= 4 is 22.8 Å². The van der Waals surface area contributed by atoms with Gasteiger partial charge in [0.15, 0.2) is 5.82 Å². The molecule has 4 aromatic rings. The summed E-state index contributed by atoms with van der Waals surface area (Å²) in [4.78, 5) is 29.4. The lowest BCUT2D eigenvalue weighted by Gasteiger charge is -2.12. The van der Waals surface area contributed by atoms with E-state index in [2.05, 4.69) is 20.5 Å². The number of fused-ring (bicyclic) bond motifs is 2. The number of nitrogens with zero attached hydrogens (tertiary/aromatic N) is 6. The molecule has 1 saturated carbocycles. The molecule has 166 valence electrons. The van der Waals surface area contributed by atoms with Crippen LogP contribution in [0.4, 0.5) is 14.5 Å². The lowest BCUT2D eigenvalue weighted by Crippen LogP contribution is -2.32. The molecule has 1 fully saturated rings. The van der Waals surface area contributed by atoms with Gasteiger partial charge < -0.3 is 9.72 Å². The highest BCUT2D eigenvalue weighted by Crippen LogP contribution is 2.39. The summed E-state index contributed by atoms with van der Waals surface area (Å²) in [5.41, 5.74) is 1.28. The predicted molar refractivity (Wildman–Crippen MR) is 112 cm³/mol. The molecular weight excluding hydrogens is 420 g/mol. The normalized spacial score (nSPS) is 14.2. The average molecular weight is 441 g/mol. The van der Waals surface area contributed by atoms with E-state index < -0.39 is 17.9 Å². The first kappa shape index (κ1) is 20.3. The van der Waals surface area contributed by atoms with Crippen LogP contribution in [0, 0.1) is 0 Å². The summed E-state index contributed by atoms with van der Waals surface area (Å²) in [5.74, 6) is 0.509. The number of anilines is 1. The van der Waals surface area contributed by atoms with E-state index in [1.165, 1.54) is 22.9 Å². The van der Waals surface area contributed by atoms with Crippen LogP contribution in [0.2, 0.25) is 0 Å². The maximum Gasteiger partial charge on any atom is 0.293 e. The molecule has 1 aliphatic rings. The highest BCUT2D eigenvalue weighted by molar-refractivity contribution is 5.90. The maximum atomic E-state index is 13.0. The number of carbonyl (C=O) groups excluding carboxylic acids is 1. The predicted octanol–water partition coefficient (Wildman–Crippen LogP) is 3.12. The lowest BCUT2D eigenvalue weighted by atomic mass is 10.2. The van der Waals surface area contributed by atoms with Crippen LogP contribution in [-0.4, -0.2) is 34.7 Å². The minimum Gasteiger partial charge on any atom is -0.323 e. The zero-order valence-corrected chi connectivity index (χ0v) is 17.5. The van der Waals surface area contributed by atoms with Crippen molar-refractivity contribution in [2.75, 3.05) is 5.32 Å². The molecule has 0 aliphatic heterocycles. The molecule has 32 heavy (non-hydrogen) atoms. The third-order valence-electron chi connectivity index (χ3n) is 5.40. The van der Waals surface area contributed by atoms with Gasteiger partial charge in [0.25, 0.3) is 12.0 Å². The van der Waals surface area contributed by atoms with Gasteiger partial charge in [0.2, 0.25) is 5.91 Å². The molecule has 11 heteroatoms. The molecule has 1 amide bonds. The van der Waals surface area contributed by atoms with Crippen LogP contribution in [0.1, 0.15) is 62.2 Å². The van der Waals surface area contributed by atoms with E-state index in [4.69, 9.17) is 0 Å². The quantitative estimate of drug-likeness (QED) is 0.496. The molecule has 0 atom stereocenters. The van der Waals surface area contributed by atoms with E-state index in [0.717, 1.165) is 23.2 Å². The van der Waals surface area contributed by atoms with E-state index in [1.807, 2.05) is 13.8 Å². The molecule has 4 heterocycles. The van der Waals surface area contributed by atoms with Crippen molar-refractivity contribution in [1.82, 2.24) is 28.8 Å². The van der Waals surface area contributed by atoms with Gasteiger partial charge in [-0.2, -0.15) is 10.2 Å². The molecule has 9 nitrogen and oxygen atoms in total. The van der Waals surface area contributed by atoms with Crippen molar-refractivity contribution < 1.29 is 13.6 Å². The van der Waals surface area contributed by atoms with Crippen molar-refractivity contribution in [2.24, 2.45) is 0 Å². The van der Waals surface area contributed by atoms with Gasteiger partial charge in [-0.3, -0.25) is 9.59 Å². The van der Waals surface area contributed by atoms with Gasteiger partial charge in [-0.25, -0.2) is 23.0 Å². The van der Waals surface area contributed by atoms with Crippen LogP contribution >= 0.6 is 0 Å². The summed E-state index contributed by atoms with van der Waals surface area (Å²) in [6, 6.07) is 4.88. The summed E-state index contributed by atoms with van der Waals surface area (Å²) in [5, 5.41) is 11.6. The first-order valence-electron chi connectivity index (χ1n) is 10.4. The Labute approximate surface area is 180 Å². The molecule has 0 spiro atoms. The topological polar surface area (TPSA) is 98.6 Å². The van der Waals surface area contributed by atoms with Crippen LogP contribution in [-0.2, 0) is 11.3 Å². The van der Waals surface area contributed by atoms with Crippen LogP contribution in [0.25, 0.3) is 11.2 Å². The van der Waals surface area contributed by atoms with Crippen molar-refractivity contribution in [1.29, 1.82) is 0 Å². The highest BCUT2D eigenvalue weighted by atomic mass is 19.3. The zero-order chi connectivity index (χ0) is 22.6. The average Bonchev–Trinajstić information content (AvgIpc) is 3.34. The molecule has 0 bridgehead atoms.